The van der Waals surface area contributed by atoms with Crippen molar-refractivity contribution in [3.8, 4) is 0 Å². The summed E-state index contributed by atoms with van der Waals surface area (Å²) in [5, 5.41) is 0. The second-order valence-corrected chi connectivity index (χ2v) is 10.5. The predicted octanol–water partition coefficient (Wildman–Crippen LogP) is 4.97. The van der Waals surface area contributed by atoms with Crippen molar-refractivity contribution in [2.24, 2.45) is 11.8 Å². The van der Waals surface area contributed by atoms with Crippen molar-refractivity contribution >= 4 is 23.6 Å². The third-order valence-electron chi connectivity index (χ3n) is 8.51. The van der Waals surface area contributed by atoms with Crippen LogP contribution >= 0.6 is 0 Å². The summed E-state index contributed by atoms with van der Waals surface area (Å²) < 4.78 is 5.45. The minimum atomic E-state index is -0.574. The fourth-order valence-electron chi connectivity index (χ4n) is 6.79. The van der Waals surface area contributed by atoms with E-state index in [1.807, 2.05) is 30.3 Å². The van der Waals surface area contributed by atoms with E-state index in [1.54, 1.807) is 48.5 Å². The topological polar surface area (TPSA) is 80.8 Å². The van der Waals surface area contributed by atoms with Gasteiger partial charge < -0.3 is 4.74 Å². The van der Waals surface area contributed by atoms with Gasteiger partial charge >= 0.3 is 5.97 Å². The van der Waals surface area contributed by atoms with Crippen LogP contribution in [-0.2, 0) is 14.3 Å². The van der Waals surface area contributed by atoms with E-state index in [4.69, 9.17) is 4.74 Å². The van der Waals surface area contributed by atoms with Crippen LogP contribution in [-0.4, -0.2) is 41.6 Å². The lowest BCUT2D eigenvalue weighted by Gasteiger charge is -2.45. The lowest BCUT2D eigenvalue weighted by atomic mass is 9.55. The van der Waals surface area contributed by atoms with E-state index in [0.717, 1.165) is 22.3 Å². The molecular weight excluding hydrogens is 502 g/mol. The van der Waals surface area contributed by atoms with Gasteiger partial charge in [-0.05, 0) is 34.4 Å². The molecule has 40 heavy (non-hydrogen) atoms. The molecule has 1 fully saturated rings. The van der Waals surface area contributed by atoms with Gasteiger partial charge in [0.05, 0.1) is 23.9 Å². The Kier molecular flexibility index (Phi) is 5.70. The number of esters is 1. The molecule has 2 atom stereocenters. The normalized spacial score (nSPS) is 21.9. The molecule has 4 aliphatic rings. The van der Waals surface area contributed by atoms with Crippen molar-refractivity contribution in [3.63, 3.8) is 0 Å². The highest BCUT2D eigenvalue weighted by Crippen LogP contribution is 2.60. The number of hydrogen-bond acceptors (Lipinski definition) is 5. The van der Waals surface area contributed by atoms with Crippen LogP contribution < -0.4 is 0 Å². The summed E-state index contributed by atoms with van der Waals surface area (Å²) in [6.07, 6.45) is 0. The molecule has 4 aromatic rings. The molecule has 8 rings (SSSR count). The maximum Gasteiger partial charge on any atom is 0.338 e. The van der Waals surface area contributed by atoms with E-state index < -0.39 is 17.8 Å². The first kappa shape index (κ1) is 24.2. The molecule has 6 heteroatoms. The number of ether oxygens (including phenoxy) is 1. The number of nitrogens with zero attached hydrogens (tertiary/aromatic N) is 1. The molecule has 2 unspecified atom stereocenters. The molecule has 0 radical (unpaired) electrons. The minimum absolute atomic E-state index is 0.00706. The number of hydrogen-bond donors (Lipinski definition) is 0. The Morgan fingerprint density at radius 1 is 0.575 bits per heavy atom. The lowest BCUT2D eigenvalue weighted by Crippen LogP contribution is -2.41. The van der Waals surface area contributed by atoms with E-state index >= 15 is 0 Å². The number of ketones is 1. The standard InChI is InChI=1S/C34H25NO5/c36-31(20-8-2-1-3-9-20)21-14-16-22(17-15-21)34(39)40-19-18-35-32(37)29-27-23-10-4-5-11-24(23)28(30(29)33(35)38)26-13-7-6-12-25(26)27/h1-17,27-30H,18-19H2. The van der Waals surface area contributed by atoms with Crippen molar-refractivity contribution in [2.45, 2.75) is 11.8 Å². The SMILES string of the molecule is O=C(OCCN1C(=O)C2C3c4ccccc4C(c4ccccc43)C2C1=O)c1ccc(C(=O)c2ccccc2)cc1. The molecule has 1 saturated heterocycles. The van der Waals surface area contributed by atoms with Gasteiger partial charge in [0, 0.05) is 23.0 Å². The van der Waals surface area contributed by atoms with Crippen molar-refractivity contribution < 1.29 is 23.9 Å². The fraction of sp³-hybridized carbons (Fsp3) is 0.176. The number of carbonyl (C=O) groups is 4. The van der Waals surface area contributed by atoms with Crippen molar-refractivity contribution in [3.05, 3.63) is 142 Å². The number of amides is 2. The smallest absolute Gasteiger partial charge is 0.338 e. The summed E-state index contributed by atoms with van der Waals surface area (Å²) in [5.41, 5.74) is 5.81. The highest BCUT2D eigenvalue weighted by atomic mass is 16.5. The molecule has 0 saturated carbocycles. The van der Waals surface area contributed by atoms with Crippen LogP contribution in [0.2, 0.25) is 0 Å². The zero-order valence-corrected chi connectivity index (χ0v) is 21.5. The van der Waals surface area contributed by atoms with E-state index in [0.29, 0.717) is 16.7 Å². The van der Waals surface area contributed by atoms with Gasteiger partial charge in [-0.3, -0.25) is 19.3 Å². The zero-order chi connectivity index (χ0) is 27.4. The first-order chi connectivity index (χ1) is 19.5. The molecule has 1 heterocycles. The molecule has 0 aromatic heterocycles. The molecule has 0 spiro atoms. The van der Waals surface area contributed by atoms with E-state index in [-0.39, 0.29) is 42.6 Å². The van der Waals surface area contributed by atoms with Gasteiger partial charge in [-0.2, -0.15) is 0 Å². The van der Waals surface area contributed by atoms with E-state index in [1.165, 1.54) is 4.90 Å². The Morgan fingerprint density at radius 3 is 1.50 bits per heavy atom. The van der Waals surface area contributed by atoms with Crippen molar-refractivity contribution in [1.82, 2.24) is 4.90 Å². The van der Waals surface area contributed by atoms with Gasteiger partial charge in [0.1, 0.15) is 6.61 Å². The van der Waals surface area contributed by atoms with Gasteiger partial charge in [0.2, 0.25) is 11.8 Å². The Hall–Kier alpha value is -4.84. The summed E-state index contributed by atoms with van der Waals surface area (Å²) in [7, 11) is 0. The third-order valence-corrected chi connectivity index (χ3v) is 8.51. The Balaban J connectivity index is 1.05. The molecule has 2 amide bonds. The van der Waals surface area contributed by atoms with Crippen LogP contribution in [0.3, 0.4) is 0 Å². The summed E-state index contributed by atoms with van der Waals surface area (Å²) in [4.78, 5) is 53.9. The maximum absolute atomic E-state index is 13.7. The zero-order valence-electron chi connectivity index (χ0n) is 21.5. The van der Waals surface area contributed by atoms with Crippen LogP contribution in [0.4, 0.5) is 0 Å². The van der Waals surface area contributed by atoms with Crippen LogP contribution in [0, 0.1) is 11.8 Å². The summed E-state index contributed by atoms with van der Waals surface area (Å²) in [6, 6.07) is 31.4. The number of benzene rings is 4. The molecule has 2 bridgehead atoms. The fourth-order valence-corrected chi connectivity index (χ4v) is 6.79. The first-order valence-corrected chi connectivity index (χ1v) is 13.4. The average Bonchev–Trinajstić information content (AvgIpc) is 3.26. The molecule has 0 N–H and O–H groups in total. The van der Waals surface area contributed by atoms with Gasteiger partial charge in [-0.15, -0.1) is 0 Å². The molecule has 1 aliphatic heterocycles. The molecule has 3 aliphatic carbocycles. The van der Waals surface area contributed by atoms with Gasteiger partial charge in [-0.1, -0.05) is 91.0 Å². The molecule has 196 valence electrons. The highest BCUT2D eigenvalue weighted by Gasteiger charge is 2.61. The quantitative estimate of drug-likeness (QED) is 0.201. The van der Waals surface area contributed by atoms with Crippen LogP contribution in [0.25, 0.3) is 0 Å². The maximum atomic E-state index is 13.7. The number of carbonyl (C=O) groups excluding carboxylic acids is 4. The third kappa shape index (κ3) is 3.63. The Labute approximate surface area is 231 Å². The molecular formula is C34H25NO5. The number of likely N-dealkylation sites (tertiary alicyclic amines) is 1. The largest absolute Gasteiger partial charge is 0.460 e. The Bertz CT molecular complexity index is 1560. The first-order valence-electron chi connectivity index (χ1n) is 13.4. The summed E-state index contributed by atoms with van der Waals surface area (Å²) >= 11 is 0. The minimum Gasteiger partial charge on any atom is -0.460 e. The summed E-state index contributed by atoms with van der Waals surface area (Å²) in [6.45, 7) is -0.0944. The number of imide groups is 1. The van der Waals surface area contributed by atoms with Crippen molar-refractivity contribution in [2.75, 3.05) is 13.2 Å². The lowest BCUT2D eigenvalue weighted by molar-refractivity contribution is -0.140. The second-order valence-electron chi connectivity index (χ2n) is 10.5. The predicted molar refractivity (Wildman–Crippen MR) is 147 cm³/mol. The van der Waals surface area contributed by atoms with Crippen molar-refractivity contribution in [1.29, 1.82) is 0 Å². The van der Waals surface area contributed by atoms with Crippen LogP contribution in [0.1, 0.15) is 60.4 Å². The van der Waals surface area contributed by atoms with E-state index in [2.05, 4.69) is 24.3 Å². The Morgan fingerprint density at radius 2 is 1.00 bits per heavy atom. The van der Waals surface area contributed by atoms with Gasteiger partial charge in [0.25, 0.3) is 0 Å². The van der Waals surface area contributed by atoms with Gasteiger partial charge in [0.15, 0.2) is 5.78 Å². The highest BCUT2D eigenvalue weighted by molar-refractivity contribution is 6.09. The van der Waals surface area contributed by atoms with Crippen LogP contribution in [0.5, 0.6) is 0 Å². The monoisotopic (exact) mass is 527 g/mol. The van der Waals surface area contributed by atoms with E-state index in [9.17, 15) is 19.2 Å². The summed E-state index contributed by atoms with van der Waals surface area (Å²) in [5.74, 6) is -2.34. The van der Waals surface area contributed by atoms with Gasteiger partial charge in [-0.25, -0.2) is 4.79 Å². The van der Waals surface area contributed by atoms with Crippen LogP contribution in [0.15, 0.2) is 103 Å². The average molecular weight is 528 g/mol. The molecule has 4 aromatic carbocycles. The molecule has 6 nitrogen and oxygen atoms in total. The number of rotatable bonds is 6. The second kappa shape index (κ2) is 9.42.